The Morgan fingerprint density at radius 3 is 2.85 bits per heavy atom. The Morgan fingerprint density at radius 1 is 1.69 bits per heavy atom. The summed E-state index contributed by atoms with van der Waals surface area (Å²) >= 11 is 4.34. The van der Waals surface area contributed by atoms with Gasteiger partial charge in [-0.15, -0.1) is 0 Å². The maximum Gasteiger partial charge on any atom is 0.411 e. The second-order valence-electron chi connectivity index (χ2n) is 2.90. The summed E-state index contributed by atoms with van der Waals surface area (Å²) in [7, 11) is 1.33. The third-order valence-electron chi connectivity index (χ3n) is 1.99. The summed E-state index contributed by atoms with van der Waals surface area (Å²) in [5.41, 5.74) is 0. The predicted octanol–water partition coefficient (Wildman–Crippen LogP) is 1.73. The van der Waals surface area contributed by atoms with E-state index in [1.54, 1.807) is 0 Å². The molecule has 0 radical (unpaired) electrons. The Kier molecular flexibility index (Phi) is 4.05. The minimum atomic E-state index is -0.755. The van der Waals surface area contributed by atoms with Gasteiger partial charge in [-0.2, -0.15) is 0 Å². The first-order valence-corrected chi connectivity index (χ1v) is 6.05. The number of hydrogen-bond acceptors (Lipinski definition) is 3. The van der Waals surface area contributed by atoms with Crippen LogP contribution in [-0.2, 0) is 4.74 Å². The second kappa shape index (κ2) is 4.47. The van der Waals surface area contributed by atoms with Crippen LogP contribution in [0, 0.1) is 0 Å². The second-order valence-corrected chi connectivity index (χ2v) is 8.82. The standard InChI is InChI=1S/C7H11I2NO3/c1-13-6(12)10-4-2-3-7(8,9)5(10)11/h5,11H,2-4H2,1H3. The molecule has 1 unspecified atom stereocenters. The third kappa shape index (κ3) is 2.58. The lowest BCUT2D eigenvalue weighted by molar-refractivity contribution is -0.0122. The molecule has 0 aliphatic carbocycles. The minimum Gasteiger partial charge on any atom is -0.453 e. The quantitative estimate of drug-likeness (QED) is 0.488. The highest BCUT2D eigenvalue weighted by molar-refractivity contribution is 14.2. The summed E-state index contributed by atoms with van der Waals surface area (Å²) in [6.07, 6.45) is 0.598. The summed E-state index contributed by atoms with van der Waals surface area (Å²) in [6, 6.07) is 0. The van der Waals surface area contributed by atoms with Gasteiger partial charge in [-0.05, 0) is 12.8 Å². The number of alkyl halides is 2. The molecule has 0 aromatic carbocycles. The normalized spacial score (nSPS) is 27.1. The fourth-order valence-corrected chi connectivity index (χ4v) is 2.71. The number of aliphatic hydroxyl groups is 1. The van der Waals surface area contributed by atoms with Crippen molar-refractivity contribution in [2.45, 2.75) is 20.5 Å². The first-order chi connectivity index (χ1) is 5.99. The van der Waals surface area contributed by atoms with Crippen molar-refractivity contribution in [2.24, 2.45) is 0 Å². The molecule has 1 atom stereocenters. The van der Waals surface area contributed by atoms with E-state index in [1.807, 2.05) is 0 Å². The number of piperidine rings is 1. The zero-order valence-electron chi connectivity index (χ0n) is 7.17. The lowest BCUT2D eigenvalue weighted by atomic mass is 10.1. The third-order valence-corrected chi connectivity index (χ3v) is 4.18. The summed E-state index contributed by atoms with van der Waals surface area (Å²) in [6.45, 7) is 0.571. The van der Waals surface area contributed by atoms with E-state index in [9.17, 15) is 9.90 Å². The molecule has 1 aliphatic rings. The molecule has 13 heavy (non-hydrogen) atoms. The van der Waals surface area contributed by atoms with Gasteiger partial charge in [0, 0.05) is 6.54 Å². The Hall–Kier alpha value is 0.690. The first-order valence-electron chi connectivity index (χ1n) is 3.89. The van der Waals surface area contributed by atoms with E-state index in [0.717, 1.165) is 12.8 Å². The molecule has 1 amide bonds. The maximum atomic E-state index is 11.2. The van der Waals surface area contributed by atoms with Crippen LogP contribution in [0.5, 0.6) is 0 Å². The number of amides is 1. The summed E-state index contributed by atoms with van der Waals surface area (Å²) in [5, 5.41) is 9.81. The topological polar surface area (TPSA) is 49.8 Å². The fourth-order valence-electron chi connectivity index (χ4n) is 1.27. The van der Waals surface area contributed by atoms with Gasteiger partial charge in [0.2, 0.25) is 0 Å². The number of carbonyl (C=O) groups is 1. The van der Waals surface area contributed by atoms with Crippen LogP contribution in [0.1, 0.15) is 12.8 Å². The van der Waals surface area contributed by atoms with E-state index in [4.69, 9.17) is 0 Å². The van der Waals surface area contributed by atoms with E-state index in [-0.39, 0.29) is 1.43 Å². The number of likely N-dealkylation sites (tertiary alicyclic amines) is 1. The van der Waals surface area contributed by atoms with Crippen molar-refractivity contribution in [3.8, 4) is 0 Å². The summed E-state index contributed by atoms with van der Waals surface area (Å²) < 4.78 is 4.28. The lowest BCUT2D eigenvalue weighted by Crippen LogP contribution is -2.52. The molecule has 0 spiro atoms. The van der Waals surface area contributed by atoms with Gasteiger partial charge in [0.15, 0.2) is 6.23 Å². The van der Waals surface area contributed by atoms with Crippen molar-refractivity contribution in [1.82, 2.24) is 4.90 Å². The lowest BCUT2D eigenvalue weighted by Gasteiger charge is -2.39. The van der Waals surface area contributed by atoms with Crippen LogP contribution >= 0.6 is 45.2 Å². The first kappa shape index (κ1) is 11.8. The van der Waals surface area contributed by atoms with Crippen LogP contribution in [0.4, 0.5) is 4.79 Å². The average Bonchev–Trinajstić information content (AvgIpc) is 2.08. The number of nitrogens with zero attached hydrogens (tertiary/aromatic N) is 1. The molecule has 1 rings (SSSR count). The number of carbonyl (C=O) groups excluding carboxylic acids is 1. The van der Waals surface area contributed by atoms with E-state index in [1.165, 1.54) is 12.0 Å². The van der Waals surface area contributed by atoms with Crippen molar-refractivity contribution in [1.29, 1.82) is 0 Å². The molecule has 6 heteroatoms. The largest absolute Gasteiger partial charge is 0.453 e. The van der Waals surface area contributed by atoms with Gasteiger partial charge in [0.05, 0.1) is 7.11 Å². The van der Waals surface area contributed by atoms with E-state index in [0.29, 0.717) is 6.54 Å². The number of rotatable bonds is 0. The molecular weight excluding hydrogens is 400 g/mol. The van der Waals surface area contributed by atoms with Crippen molar-refractivity contribution in [3.63, 3.8) is 0 Å². The van der Waals surface area contributed by atoms with Crippen molar-refractivity contribution < 1.29 is 14.6 Å². The number of aliphatic hydroxyl groups excluding tert-OH is 1. The highest BCUT2D eigenvalue weighted by Crippen LogP contribution is 2.41. The fraction of sp³-hybridized carbons (Fsp3) is 0.857. The van der Waals surface area contributed by atoms with Gasteiger partial charge in [0.1, 0.15) is 1.43 Å². The predicted molar refractivity (Wildman–Crippen MR) is 65.1 cm³/mol. The summed E-state index contributed by atoms with van der Waals surface area (Å²) in [4.78, 5) is 12.6. The Labute approximate surface area is 104 Å². The molecule has 0 bridgehead atoms. The number of halogens is 2. The van der Waals surface area contributed by atoms with Crippen LogP contribution < -0.4 is 0 Å². The van der Waals surface area contributed by atoms with Gasteiger partial charge >= 0.3 is 6.09 Å². The van der Waals surface area contributed by atoms with Crippen LogP contribution in [0.2, 0.25) is 0 Å². The molecule has 76 valence electrons. The Morgan fingerprint density at radius 2 is 2.31 bits per heavy atom. The highest BCUT2D eigenvalue weighted by atomic mass is 127. The zero-order valence-corrected chi connectivity index (χ0v) is 11.5. The highest BCUT2D eigenvalue weighted by Gasteiger charge is 2.42. The molecule has 0 aromatic heterocycles. The Bertz CT molecular complexity index is 210. The van der Waals surface area contributed by atoms with Crippen molar-refractivity contribution in [2.75, 3.05) is 13.7 Å². The van der Waals surface area contributed by atoms with Gasteiger partial charge < -0.3 is 9.84 Å². The smallest absolute Gasteiger partial charge is 0.411 e. The summed E-state index contributed by atoms with van der Waals surface area (Å²) in [5.74, 6) is 0. The molecule has 0 saturated carbocycles. The van der Waals surface area contributed by atoms with Crippen molar-refractivity contribution in [3.05, 3.63) is 0 Å². The maximum absolute atomic E-state index is 11.2. The van der Waals surface area contributed by atoms with Crippen LogP contribution in [0.25, 0.3) is 0 Å². The number of methoxy groups -OCH3 is 1. The molecule has 1 N–H and O–H groups in total. The Balaban J connectivity index is 2.71. The van der Waals surface area contributed by atoms with Gasteiger partial charge in [-0.3, -0.25) is 4.90 Å². The van der Waals surface area contributed by atoms with E-state index < -0.39 is 12.3 Å². The molecule has 4 nitrogen and oxygen atoms in total. The van der Waals surface area contributed by atoms with E-state index >= 15 is 0 Å². The molecular formula is C7H11I2NO3. The molecule has 1 fully saturated rings. The number of ether oxygens (including phenoxy) is 1. The van der Waals surface area contributed by atoms with Crippen LogP contribution in [-0.4, -0.2) is 37.4 Å². The molecule has 1 saturated heterocycles. The minimum absolute atomic E-state index is 0.290. The van der Waals surface area contributed by atoms with Gasteiger partial charge in [-0.25, -0.2) is 4.79 Å². The van der Waals surface area contributed by atoms with Crippen LogP contribution in [0.15, 0.2) is 0 Å². The van der Waals surface area contributed by atoms with Crippen molar-refractivity contribution >= 4 is 51.3 Å². The molecule has 1 heterocycles. The van der Waals surface area contributed by atoms with Gasteiger partial charge in [-0.1, -0.05) is 45.2 Å². The van der Waals surface area contributed by atoms with Gasteiger partial charge in [0.25, 0.3) is 0 Å². The van der Waals surface area contributed by atoms with E-state index in [2.05, 4.69) is 49.9 Å². The van der Waals surface area contributed by atoms with Crippen LogP contribution in [0.3, 0.4) is 0 Å². The zero-order chi connectivity index (χ0) is 10.1. The number of hydrogen-bond donors (Lipinski definition) is 1. The SMILES string of the molecule is COC(=O)N1CCCC(I)(I)C1O. The monoisotopic (exact) mass is 411 g/mol. The molecule has 0 aromatic rings. The average molecular weight is 411 g/mol. The molecule has 1 aliphatic heterocycles.